The molecular weight excluding hydrogens is 191 g/mol. The van der Waals surface area contributed by atoms with E-state index < -0.39 is 0 Å². The summed E-state index contributed by atoms with van der Waals surface area (Å²) in [6.07, 6.45) is 4.54. The van der Waals surface area contributed by atoms with Crippen LogP contribution < -0.4 is 0 Å². The lowest BCUT2D eigenvalue weighted by atomic mass is 10.0. The Kier molecular flexibility index (Phi) is 2.62. The summed E-state index contributed by atoms with van der Waals surface area (Å²) in [6, 6.07) is 3.69. The molecule has 15 heavy (non-hydrogen) atoms. The number of allylic oxidation sites excluding steroid dienone is 1. The zero-order valence-corrected chi connectivity index (χ0v) is 8.81. The van der Waals surface area contributed by atoms with Gasteiger partial charge in [-0.2, -0.15) is 0 Å². The van der Waals surface area contributed by atoms with Crippen LogP contribution in [0.3, 0.4) is 0 Å². The van der Waals surface area contributed by atoms with Crippen molar-refractivity contribution in [2.24, 2.45) is 4.99 Å². The lowest BCUT2D eigenvalue weighted by Crippen LogP contribution is -1.96. The monoisotopic (exact) mass is 204 g/mol. The minimum atomic E-state index is -0.283. The van der Waals surface area contributed by atoms with Crippen LogP contribution >= 0.6 is 0 Å². The fourth-order valence-electron chi connectivity index (χ4n) is 1.48. The van der Waals surface area contributed by atoms with E-state index in [1.54, 1.807) is 0 Å². The molecular formula is C12H13FN2. The highest BCUT2D eigenvalue weighted by Crippen LogP contribution is 2.24. The Morgan fingerprint density at radius 3 is 2.60 bits per heavy atom. The summed E-state index contributed by atoms with van der Waals surface area (Å²) in [6.45, 7) is 4.23. The molecule has 0 aliphatic carbocycles. The van der Waals surface area contributed by atoms with E-state index >= 15 is 0 Å². The first-order valence-electron chi connectivity index (χ1n) is 5.03. The van der Waals surface area contributed by atoms with Crippen LogP contribution in [0.15, 0.2) is 35.2 Å². The van der Waals surface area contributed by atoms with Crippen LogP contribution in [0.4, 0.5) is 4.39 Å². The fraction of sp³-hybridized carbons (Fsp3) is 0.333. The van der Waals surface area contributed by atoms with Crippen molar-refractivity contribution in [2.75, 3.05) is 0 Å². The largest absolute Gasteiger partial charge is 0.276 e. The number of halogens is 1. The van der Waals surface area contributed by atoms with E-state index in [9.17, 15) is 4.39 Å². The molecule has 1 aliphatic heterocycles. The zero-order chi connectivity index (χ0) is 10.8. The van der Waals surface area contributed by atoms with Gasteiger partial charge in [0.1, 0.15) is 11.9 Å². The Bertz CT molecular complexity index is 404. The molecule has 0 aromatic carbocycles. The normalized spacial score (nSPS) is 19.7. The van der Waals surface area contributed by atoms with Crippen molar-refractivity contribution in [1.82, 2.24) is 4.98 Å². The molecule has 0 saturated heterocycles. The number of aromatic nitrogens is 1. The van der Waals surface area contributed by atoms with Gasteiger partial charge in [0, 0.05) is 6.20 Å². The molecule has 1 atom stereocenters. The molecule has 2 nitrogen and oxygen atoms in total. The van der Waals surface area contributed by atoms with E-state index in [1.807, 2.05) is 18.3 Å². The maximum atomic E-state index is 12.8. The topological polar surface area (TPSA) is 25.2 Å². The molecule has 0 radical (unpaired) electrons. The van der Waals surface area contributed by atoms with Gasteiger partial charge in [-0.05, 0) is 23.6 Å². The Labute approximate surface area is 88.6 Å². The highest BCUT2D eigenvalue weighted by Gasteiger charge is 2.14. The number of nitrogens with zero attached hydrogens (tertiary/aromatic N) is 2. The molecule has 78 valence electrons. The van der Waals surface area contributed by atoms with E-state index in [0.29, 0.717) is 5.92 Å². The second kappa shape index (κ2) is 3.93. The quantitative estimate of drug-likeness (QED) is 0.726. The molecule has 1 aromatic rings. The standard InChI is InChI=1S/C12H13FN2/c1-8(2)9-3-4-11(14-6-9)12-5-10(13)7-15-12/h3-8,12H,1-2H3. The van der Waals surface area contributed by atoms with Gasteiger partial charge in [-0.25, -0.2) is 4.39 Å². The average molecular weight is 204 g/mol. The van der Waals surface area contributed by atoms with E-state index in [2.05, 4.69) is 23.8 Å². The molecule has 1 aliphatic rings. The van der Waals surface area contributed by atoms with Gasteiger partial charge in [0.25, 0.3) is 0 Å². The van der Waals surface area contributed by atoms with Crippen LogP contribution in [0.5, 0.6) is 0 Å². The molecule has 0 spiro atoms. The van der Waals surface area contributed by atoms with Gasteiger partial charge in [0.15, 0.2) is 0 Å². The summed E-state index contributed by atoms with van der Waals surface area (Å²) in [5.41, 5.74) is 1.98. The van der Waals surface area contributed by atoms with Gasteiger partial charge < -0.3 is 0 Å². The molecule has 0 N–H and O–H groups in total. The van der Waals surface area contributed by atoms with Gasteiger partial charge in [-0.1, -0.05) is 19.9 Å². The van der Waals surface area contributed by atoms with Crippen LogP contribution in [0.25, 0.3) is 0 Å². The Balaban J connectivity index is 2.21. The Morgan fingerprint density at radius 2 is 2.13 bits per heavy atom. The van der Waals surface area contributed by atoms with E-state index in [4.69, 9.17) is 0 Å². The second-order valence-electron chi connectivity index (χ2n) is 3.95. The highest BCUT2D eigenvalue weighted by molar-refractivity contribution is 5.78. The van der Waals surface area contributed by atoms with E-state index in [1.165, 1.54) is 17.9 Å². The lowest BCUT2D eigenvalue weighted by Gasteiger charge is -2.07. The summed E-state index contributed by atoms with van der Waals surface area (Å²) in [4.78, 5) is 8.30. The average Bonchev–Trinajstić information content (AvgIpc) is 2.65. The van der Waals surface area contributed by atoms with Gasteiger partial charge in [-0.3, -0.25) is 9.98 Å². The van der Waals surface area contributed by atoms with Crippen molar-refractivity contribution in [2.45, 2.75) is 25.8 Å². The van der Waals surface area contributed by atoms with E-state index in [0.717, 1.165) is 5.69 Å². The maximum Gasteiger partial charge on any atom is 0.139 e. The summed E-state index contributed by atoms with van der Waals surface area (Å²) < 4.78 is 12.8. The minimum absolute atomic E-state index is 0.244. The second-order valence-corrected chi connectivity index (χ2v) is 3.95. The Hall–Kier alpha value is -1.51. The Morgan fingerprint density at radius 1 is 1.33 bits per heavy atom. The van der Waals surface area contributed by atoms with E-state index in [-0.39, 0.29) is 11.9 Å². The van der Waals surface area contributed by atoms with Gasteiger partial charge >= 0.3 is 0 Å². The fourth-order valence-corrected chi connectivity index (χ4v) is 1.48. The molecule has 0 fully saturated rings. The maximum absolute atomic E-state index is 12.8. The molecule has 1 aromatic heterocycles. The third-order valence-electron chi connectivity index (χ3n) is 2.45. The smallest absolute Gasteiger partial charge is 0.139 e. The van der Waals surface area contributed by atoms with Crippen LogP contribution in [0, 0.1) is 0 Å². The van der Waals surface area contributed by atoms with Crippen molar-refractivity contribution in [3.63, 3.8) is 0 Å². The number of hydrogen-bond donors (Lipinski definition) is 0. The van der Waals surface area contributed by atoms with Crippen molar-refractivity contribution in [1.29, 1.82) is 0 Å². The number of hydrogen-bond acceptors (Lipinski definition) is 2. The van der Waals surface area contributed by atoms with Crippen molar-refractivity contribution in [3.8, 4) is 0 Å². The van der Waals surface area contributed by atoms with Gasteiger partial charge in [0.2, 0.25) is 0 Å². The summed E-state index contributed by atoms with van der Waals surface area (Å²) in [5, 5.41) is 0. The SMILES string of the molecule is CC(C)c1ccc(C2C=C(F)C=N2)nc1. The number of aliphatic imine (C=N–C) groups is 1. The summed E-state index contributed by atoms with van der Waals surface area (Å²) in [5.74, 6) is 0.181. The van der Waals surface area contributed by atoms with Crippen LogP contribution in [-0.2, 0) is 0 Å². The van der Waals surface area contributed by atoms with Gasteiger partial charge in [0.05, 0.1) is 11.9 Å². The highest BCUT2D eigenvalue weighted by atomic mass is 19.1. The van der Waals surface area contributed by atoms with Crippen molar-refractivity contribution < 1.29 is 4.39 Å². The van der Waals surface area contributed by atoms with Gasteiger partial charge in [-0.15, -0.1) is 0 Å². The summed E-state index contributed by atoms with van der Waals surface area (Å²) in [7, 11) is 0. The molecule has 0 saturated carbocycles. The lowest BCUT2D eigenvalue weighted by molar-refractivity contribution is 0.683. The van der Waals surface area contributed by atoms with Crippen LogP contribution in [0.1, 0.15) is 37.1 Å². The van der Waals surface area contributed by atoms with Crippen LogP contribution in [-0.4, -0.2) is 11.2 Å². The number of rotatable bonds is 2. The molecule has 0 bridgehead atoms. The summed E-state index contributed by atoms with van der Waals surface area (Å²) >= 11 is 0. The molecule has 0 amide bonds. The third kappa shape index (κ3) is 2.12. The first kappa shape index (κ1) is 10.0. The zero-order valence-electron chi connectivity index (χ0n) is 8.81. The minimum Gasteiger partial charge on any atom is -0.276 e. The first-order valence-corrected chi connectivity index (χ1v) is 5.03. The molecule has 3 heteroatoms. The molecule has 2 heterocycles. The van der Waals surface area contributed by atoms with Crippen molar-refractivity contribution >= 4 is 6.21 Å². The third-order valence-corrected chi connectivity index (χ3v) is 2.45. The predicted molar refractivity (Wildman–Crippen MR) is 58.8 cm³/mol. The number of pyridine rings is 1. The first-order chi connectivity index (χ1) is 7.16. The molecule has 1 unspecified atom stereocenters. The van der Waals surface area contributed by atoms with Crippen LogP contribution in [0.2, 0.25) is 0 Å². The van der Waals surface area contributed by atoms with Crippen molar-refractivity contribution in [3.05, 3.63) is 41.5 Å². The molecule has 2 rings (SSSR count). The predicted octanol–water partition coefficient (Wildman–Crippen LogP) is 3.18.